The SMILES string of the molecule is COC(=O)CC1(C)CN(C(=O)OC(C)(C)C)c2ccc(F)cc21. The fourth-order valence-corrected chi connectivity index (χ4v) is 2.77. The van der Waals surface area contributed by atoms with Crippen molar-refractivity contribution in [3.8, 4) is 0 Å². The number of methoxy groups -OCH3 is 1. The number of esters is 1. The molecule has 0 N–H and O–H groups in total. The number of hydrogen-bond donors (Lipinski definition) is 0. The number of anilines is 1. The van der Waals surface area contributed by atoms with Crippen LogP contribution in [0.1, 0.15) is 39.7 Å². The molecule has 0 aromatic heterocycles. The summed E-state index contributed by atoms with van der Waals surface area (Å²) in [5.74, 6) is -0.820. The van der Waals surface area contributed by atoms with Gasteiger partial charge in [0.05, 0.1) is 19.2 Å². The maximum absolute atomic E-state index is 13.7. The van der Waals surface area contributed by atoms with E-state index in [2.05, 4.69) is 0 Å². The number of rotatable bonds is 2. The van der Waals surface area contributed by atoms with Gasteiger partial charge in [-0.05, 0) is 44.5 Å². The molecule has 2 rings (SSSR count). The number of amides is 1. The van der Waals surface area contributed by atoms with E-state index >= 15 is 0 Å². The van der Waals surface area contributed by atoms with Gasteiger partial charge in [0, 0.05) is 12.0 Å². The van der Waals surface area contributed by atoms with E-state index in [0.717, 1.165) is 0 Å². The highest BCUT2D eigenvalue weighted by Crippen LogP contribution is 2.43. The number of hydrogen-bond acceptors (Lipinski definition) is 4. The van der Waals surface area contributed by atoms with Gasteiger partial charge in [-0.3, -0.25) is 9.69 Å². The molecule has 1 aliphatic heterocycles. The van der Waals surface area contributed by atoms with Gasteiger partial charge in [-0.2, -0.15) is 0 Å². The minimum Gasteiger partial charge on any atom is -0.469 e. The zero-order chi connectivity index (χ0) is 17.4. The third-order valence-corrected chi connectivity index (χ3v) is 3.78. The molecule has 0 fully saturated rings. The Morgan fingerprint density at radius 3 is 2.57 bits per heavy atom. The van der Waals surface area contributed by atoms with Crippen molar-refractivity contribution in [2.75, 3.05) is 18.6 Å². The number of ether oxygens (including phenoxy) is 2. The van der Waals surface area contributed by atoms with Crippen LogP contribution >= 0.6 is 0 Å². The van der Waals surface area contributed by atoms with E-state index in [1.54, 1.807) is 20.8 Å². The Bertz CT molecular complexity index is 638. The second-order valence-corrected chi connectivity index (χ2v) is 7.04. The quantitative estimate of drug-likeness (QED) is 0.783. The molecule has 126 valence electrons. The Labute approximate surface area is 135 Å². The van der Waals surface area contributed by atoms with Crippen LogP contribution in [0.3, 0.4) is 0 Å². The molecule has 5 nitrogen and oxygen atoms in total. The van der Waals surface area contributed by atoms with Crippen LogP contribution in [-0.2, 0) is 19.7 Å². The molecular formula is C17H22FNO4. The molecule has 1 amide bonds. The number of benzene rings is 1. The van der Waals surface area contributed by atoms with Gasteiger partial charge < -0.3 is 9.47 Å². The summed E-state index contributed by atoms with van der Waals surface area (Å²) in [6.45, 7) is 7.38. The van der Waals surface area contributed by atoms with Crippen LogP contribution in [0.5, 0.6) is 0 Å². The fraction of sp³-hybridized carbons (Fsp3) is 0.529. The van der Waals surface area contributed by atoms with Crippen molar-refractivity contribution >= 4 is 17.7 Å². The lowest BCUT2D eigenvalue weighted by Gasteiger charge is -2.27. The molecular weight excluding hydrogens is 301 g/mol. The second-order valence-electron chi connectivity index (χ2n) is 7.04. The monoisotopic (exact) mass is 323 g/mol. The normalized spacial score (nSPS) is 20.2. The topological polar surface area (TPSA) is 55.8 Å². The fourth-order valence-electron chi connectivity index (χ4n) is 2.77. The largest absolute Gasteiger partial charge is 0.469 e. The summed E-state index contributed by atoms with van der Waals surface area (Å²) in [6.07, 6.45) is -0.460. The lowest BCUT2D eigenvalue weighted by atomic mass is 9.81. The molecule has 1 heterocycles. The standard InChI is InChI=1S/C17H22FNO4/c1-16(2,3)23-15(21)19-10-17(4,9-14(20)22-5)12-8-11(18)6-7-13(12)19/h6-8H,9-10H2,1-5H3. The first-order chi connectivity index (χ1) is 10.6. The van der Waals surface area contributed by atoms with Crippen molar-refractivity contribution in [1.29, 1.82) is 0 Å². The molecule has 1 aliphatic rings. The van der Waals surface area contributed by atoms with Gasteiger partial charge in [-0.1, -0.05) is 6.92 Å². The van der Waals surface area contributed by atoms with E-state index in [9.17, 15) is 14.0 Å². The summed E-state index contributed by atoms with van der Waals surface area (Å²) in [4.78, 5) is 25.6. The average Bonchev–Trinajstić information content (AvgIpc) is 2.70. The van der Waals surface area contributed by atoms with Gasteiger partial charge >= 0.3 is 12.1 Å². The third-order valence-electron chi connectivity index (χ3n) is 3.78. The molecule has 1 aromatic carbocycles. The van der Waals surface area contributed by atoms with Crippen molar-refractivity contribution in [2.45, 2.75) is 45.1 Å². The second kappa shape index (κ2) is 5.83. The van der Waals surface area contributed by atoms with E-state index in [1.165, 1.54) is 30.2 Å². The molecule has 0 saturated carbocycles. The highest BCUT2D eigenvalue weighted by Gasteiger charge is 2.44. The van der Waals surface area contributed by atoms with E-state index in [0.29, 0.717) is 11.3 Å². The molecule has 6 heteroatoms. The molecule has 1 unspecified atom stereocenters. The van der Waals surface area contributed by atoms with E-state index in [4.69, 9.17) is 9.47 Å². The van der Waals surface area contributed by atoms with Gasteiger partial charge in [-0.25, -0.2) is 9.18 Å². The lowest BCUT2D eigenvalue weighted by molar-refractivity contribution is -0.141. The number of fused-ring (bicyclic) bond motifs is 1. The highest BCUT2D eigenvalue weighted by atomic mass is 19.1. The first kappa shape index (κ1) is 17.2. The van der Waals surface area contributed by atoms with Crippen molar-refractivity contribution in [2.24, 2.45) is 0 Å². The summed E-state index contributed by atoms with van der Waals surface area (Å²) in [7, 11) is 1.30. The molecule has 0 spiro atoms. The van der Waals surface area contributed by atoms with Crippen LogP contribution in [0.4, 0.5) is 14.9 Å². The number of nitrogens with zero attached hydrogens (tertiary/aromatic N) is 1. The number of carbonyl (C=O) groups excluding carboxylic acids is 2. The summed E-state index contributed by atoms with van der Waals surface area (Å²) in [6, 6.07) is 4.19. The van der Waals surface area contributed by atoms with Crippen LogP contribution in [0.25, 0.3) is 0 Å². The van der Waals surface area contributed by atoms with E-state index in [-0.39, 0.29) is 13.0 Å². The Hall–Kier alpha value is -2.11. The van der Waals surface area contributed by atoms with Gasteiger partial charge in [0.1, 0.15) is 11.4 Å². The summed E-state index contributed by atoms with van der Waals surface area (Å²) >= 11 is 0. The first-order valence-electron chi connectivity index (χ1n) is 7.43. The summed E-state index contributed by atoms with van der Waals surface area (Å²) in [5.41, 5.74) is -0.194. The van der Waals surface area contributed by atoms with Gasteiger partial charge in [-0.15, -0.1) is 0 Å². The summed E-state index contributed by atoms with van der Waals surface area (Å²) in [5, 5.41) is 0. The molecule has 1 aromatic rings. The van der Waals surface area contributed by atoms with Crippen LogP contribution < -0.4 is 4.90 Å². The molecule has 1 atom stereocenters. The molecule has 0 bridgehead atoms. The molecule has 0 radical (unpaired) electrons. The Kier molecular flexibility index (Phi) is 4.37. The van der Waals surface area contributed by atoms with Gasteiger partial charge in [0.25, 0.3) is 0 Å². The zero-order valence-electron chi connectivity index (χ0n) is 14.1. The van der Waals surface area contributed by atoms with E-state index in [1.807, 2.05) is 6.92 Å². The van der Waals surface area contributed by atoms with Gasteiger partial charge in [0.2, 0.25) is 0 Å². The van der Waals surface area contributed by atoms with Crippen molar-refractivity contribution in [1.82, 2.24) is 0 Å². The predicted octanol–water partition coefficient (Wildman–Crippen LogP) is 3.40. The van der Waals surface area contributed by atoms with E-state index < -0.39 is 28.9 Å². The number of carbonyl (C=O) groups is 2. The summed E-state index contributed by atoms with van der Waals surface area (Å²) < 4.78 is 23.8. The van der Waals surface area contributed by atoms with Crippen LogP contribution in [-0.4, -0.2) is 31.3 Å². The van der Waals surface area contributed by atoms with Crippen LogP contribution in [0.15, 0.2) is 18.2 Å². The minimum atomic E-state index is -0.721. The highest BCUT2D eigenvalue weighted by molar-refractivity contribution is 5.92. The first-order valence-corrected chi connectivity index (χ1v) is 7.43. The maximum Gasteiger partial charge on any atom is 0.414 e. The molecule has 23 heavy (non-hydrogen) atoms. The Morgan fingerprint density at radius 2 is 2.00 bits per heavy atom. The third kappa shape index (κ3) is 3.63. The van der Waals surface area contributed by atoms with Crippen LogP contribution in [0, 0.1) is 5.82 Å². The number of halogens is 1. The van der Waals surface area contributed by atoms with Crippen molar-refractivity contribution in [3.63, 3.8) is 0 Å². The van der Waals surface area contributed by atoms with Crippen molar-refractivity contribution in [3.05, 3.63) is 29.6 Å². The lowest BCUT2D eigenvalue weighted by Crippen LogP contribution is -2.40. The predicted molar refractivity (Wildman–Crippen MR) is 84.0 cm³/mol. The van der Waals surface area contributed by atoms with Crippen molar-refractivity contribution < 1.29 is 23.5 Å². The van der Waals surface area contributed by atoms with Gasteiger partial charge in [0.15, 0.2) is 0 Å². The van der Waals surface area contributed by atoms with Crippen LogP contribution in [0.2, 0.25) is 0 Å². The Balaban J connectivity index is 2.39. The maximum atomic E-state index is 13.7. The smallest absolute Gasteiger partial charge is 0.414 e. The molecule has 0 aliphatic carbocycles. The molecule has 0 saturated heterocycles. The minimum absolute atomic E-state index is 0.0548. The Morgan fingerprint density at radius 1 is 1.35 bits per heavy atom. The average molecular weight is 323 g/mol. The zero-order valence-corrected chi connectivity index (χ0v) is 14.1.